The van der Waals surface area contributed by atoms with Crippen molar-refractivity contribution in [3.8, 4) is 0 Å². The van der Waals surface area contributed by atoms with E-state index in [1.54, 1.807) is 6.07 Å². The van der Waals surface area contributed by atoms with E-state index in [1.807, 2.05) is 0 Å². The van der Waals surface area contributed by atoms with Crippen LogP contribution in [0.2, 0.25) is 0 Å². The Labute approximate surface area is 89.4 Å². The average Bonchev–Trinajstić information content (AvgIpc) is 2.60. The minimum atomic E-state index is -0.399. The normalized spacial score (nSPS) is 9.86. The number of carbonyl (C=O) groups excluding carboxylic acids is 2. The van der Waals surface area contributed by atoms with Crippen LogP contribution in [-0.4, -0.2) is 18.9 Å². The fourth-order valence-electron chi connectivity index (χ4n) is 0.900. The van der Waals surface area contributed by atoms with Gasteiger partial charge in [0.2, 0.25) is 0 Å². The fourth-order valence-corrected chi connectivity index (χ4v) is 1.20. The van der Waals surface area contributed by atoms with Crippen LogP contribution in [0.4, 0.5) is 0 Å². The summed E-state index contributed by atoms with van der Waals surface area (Å²) in [6, 6.07) is 1.57. The van der Waals surface area contributed by atoms with Gasteiger partial charge in [0, 0.05) is 12.5 Å². The third-order valence-electron chi connectivity index (χ3n) is 1.63. The third kappa shape index (κ3) is 2.99. The highest BCUT2D eigenvalue weighted by atomic mass is 79.9. The predicted molar refractivity (Wildman–Crippen MR) is 52.0 cm³/mol. The lowest BCUT2D eigenvalue weighted by Gasteiger charge is -1.96. The number of hydrogen-bond donors (Lipinski definition) is 0. The summed E-state index contributed by atoms with van der Waals surface area (Å²) in [4.78, 5) is 22.1. The van der Waals surface area contributed by atoms with Gasteiger partial charge in [-0.1, -0.05) is 0 Å². The summed E-state index contributed by atoms with van der Waals surface area (Å²) in [5.41, 5.74) is 0. The SMILES string of the molecule is COC(=O)CCC(=O)c1cc(Br)co1. The molecule has 0 aliphatic rings. The topological polar surface area (TPSA) is 56.5 Å². The first-order valence-electron chi connectivity index (χ1n) is 3.97. The maximum atomic E-state index is 11.4. The third-order valence-corrected chi connectivity index (χ3v) is 2.04. The molecule has 0 radical (unpaired) electrons. The summed E-state index contributed by atoms with van der Waals surface area (Å²) in [6.45, 7) is 0. The van der Waals surface area contributed by atoms with Gasteiger partial charge in [-0.25, -0.2) is 0 Å². The lowest BCUT2D eigenvalue weighted by Crippen LogP contribution is -2.05. The summed E-state index contributed by atoms with van der Waals surface area (Å²) < 4.78 is 10.1. The van der Waals surface area contributed by atoms with E-state index < -0.39 is 5.97 Å². The van der Waals surface area contributed by atoms with Crippen molar-refractivity contribution in [1.82, 2.24) is 0 Å². The molecule has 0 fully saturated rings. The molecule has 0 aliphatic carbocycles. The van der Waals surface area contributed by atoms with Crippen molar-refractivity contribution in [3.63, 3.8) is 0 Å². The fraction of sp³-hybridized carbons (Fsp3) is 0.333. The van der Waals surface area contributed by atoms with Crippen molar-refractivity contribution in [2.75, 3.05) is 7.11 Å². The maximum absolute atomic E-state index is 11.4. The van der Waals surface area contributed by atoms with E-state index in [0.29, 0.717) is 4.47 Å². The minimum absolute atomic E-state index is 0.0770. The van der Waals surface area contributed by atoms with Crippen molar-refractivity contribution in [2.45, 2.75) is 12.8 Å². The number of ketones is 1. The summed E-state index contributed by atoms with van der Waals surface area (Å²) in [6.07, 6.45) is 1.60. The minimum Gasteiger partial charge on any atom is -0.469 e. The predicted octanol–water partition coefficient (Wildman–Crippen LogP) is 2.18. The number of hydrogen-bond acceptors (Lipinski definition) is 4. The summed E-state index contributed by atoms with van der Waals surface area (Å²) in [5, 5.41) is 0. The highest BCUT2D eigenvalue weighted by Crippen LogP contribution is 2.15. The van der Waals surface area contributed by atoms with E-state index in [9.17, 15) is 9.59 Å². The average molecular weight is 261 g/mol. The largest absolute Gasteiger partial charge is 0.469 e. The first-order valence-corrected chi connectivity index (χ1v) is 4.77. The number of Topliss-reactive ketones (excluding diaryl/α,β-unsaturated/α-hetero) is 1. The highest BCUT2D eigenvalue weighted by molar-refractivity contribution is 9.10. The van der Waals surface area contributed by atoms with Crippen LogP contribution >= 0.6 is 15.9 Å². The second kappa shape index (κ2) is 4.95. The molecule has 0 bridgehead atoms. The zero-order valence-corrected chi connectivity index (χ0v) is 9.17. The van der Waals surface area contributed by atoms with Gasteiger partial charge in [0.05, 0.1) is 18.0 Å². The molecule has 0 amide bonds. The Morgan fingerprint density at radius 1 is 1.50 bits per heavy atom. The molecule has 0 saturated heterocycles. The molecule has 0 aliphatic heterocycles. The van der Waals surface area contributed by atoms with Crippen molar-refractivity contribution in [1.29, 1.82) is 0 Å². The first-order chi connectivity index (χ1) is 6.63. The molecule has 5 heteroatoms. The number of methoxy groups -OCH3 is 1. The quantitative estimate of drug-likeness (QED) is 0.615. The Balaban J connectivity index is 2.47. The van der Waals surface area contributed by atoms with Crippen LogP contribution in [0.5, 0.6) is 0 Å². The Hall–Kier alpha value is -1.10. The first kappa shape index (κ1) is 11.0. The molecule has 0 spiro atoms. The molecule has 76 valence electrons. The highest BCUT2D eigenvalue weighted by Gasteiger charge is 2.12. The number of esters is 1. The lowest BCUT2D eigenvalue weighted by molar-refractivity contribution is -0.140. The Bertz CT molecular complexity index is 342. The van der Waals surface area contributed by atoms with Crippen molar-refractivity contribution < 1.29 is 18.7 Å². The van der Waals surface area contributed by atoms with E-state index >= 15 is 0 Å². The van der Waals surface area contributed by atoms with Gasteiger partial charge in [-0.15, -0.1) is 0 Å². The van der Waals surface area contributed by atoms with Crippen molar-refractivity contribution in [2.24, 2.45) is 0 Å². The molecule has 14 heavy (non-hydrogen) atoms. The maximum Gasteiger partial charge on any atom is 0.305 e. The van der Waals surface area contributed by atoms with Gasteiger partial charge in [-0.2, -0.15) is 0 Å². The molecule has 1 aromatic heterocycles. The van der Waals surface area contributed by atoms with E-state index in [-0.39, 0.29) is 24.4 Å². The zero-order chi connectivity index (χ0) is 10.6. The lowest BCUT2D eigenvalue weighted by atomic mass is 10.2. The van der Waals surface area contributed by atoms with Gasteiger partial charge >= 0.3 is 5.97 Å². The smallest absolute Gasteiger partial charge is 0.305 e. The molecule has 4 nitrogen and oxygen atoms in total. The second-order valence-corrected chi connectivity index (χ2v) is 3.54. The number of carbonyl (C=O) groups is 2. The van der Waals surface area contributed by atoms with E-state index in [1.165, 1.54) is 13.4 Å². The van der Waals surface area contributed by atoms with Crippen LogP contribution in [0.3, 0.4) is 0 Å². The van der Waals surface area contributed by atoms with Gasteiger partial charge in [0.15, 0.2) is 11.5 Å². The molecular weight excluding hydrogens is 252 g/mol. The van der Waals surface area contributed by atoms with Crippen LogP contribution < -0.4 is 0 Å². The standard InChI is InChI=1S/C9H9BrO4/c1-13-9(12)3-2-7(11)8-4-6(10)5-14-8/h4-5H,2-3H2,1H3. The van der Waals surface area contributed by atoms with Crippen LogP contribution in [0.25, 0.3) is 0 Å². The Kier molecular flexibility index (Phi) is 3.88. The molecule has 0 atom stereocenters. The monoisotopic (exact) mass is 260 g/mol. The molecular formula is C9H9BrO4. The second-order valence-electron chi connectivity index (χ2n) is 2.63. The zero-order valence-electron chi connectivity index (χ0n) is 7.58. The van der Waals surface area contributed by atoms with Gasteiger partial charge in [0.25, 0.3) is 0 Å². The van der Waals surface area contributed by atoms with Crippen LogP contribution in [0, 0.1) is 0 Å². The molecule has 0 aromatic carbocycles. The Morgan fingerprint density at radius 3 is 2.71 bits per heavy atom. The molecule has 0 unspecified atom stereocenters. The van der Waals surface area contributed by atoms with E-state index in [4.69, 9.17) is 4.42 Å². The summed E-state index contributed by atoms with van der Waals surface area (Å²) >= 11 is 3.16. The van der Waals surface area contributed by atoms with Crippen molar-refractivity contribution >= 4 is 27.7 Å². The van der Waals surface area contributed by atoms with Gasteiger partial charge in [0.1, 0.15) is 6.26 Å². The van der Waals surface area contributed by atoms with Crippen LogP contribution in [-0.2, 0) is 9.53 Å². The number of halogens is 1. The summed E-state index contributed by atoms with van der Waals surface area (Å²) in [5.74, 6) is -0.356. The van der Waals surface area contributed by atoms with Gasteiger partial charge in [-0.05, 0) is 15.9 Å². The van der Waals surface area contributed by atoms with Crippen molar-refractivity contribution in [3.05, 3.63) is 22.6 Å². The van der Waals surface area contributed by atoms with Gasteiger partial charge in [-0.3, -0.25) is 9.59 Å². The van der Waals surface area contributed by atoms with Crippen LogP contribution in [0.15, 0.2) is 21.2 Å². The van der Waals surface area contributed by atoms with Crippen LogP contribution in [0.1, 0.15) is 23.4 Å². The van der Waals surface area contributed by atoms with Gasteiger partial charge < -0.3 is 9.15 Å². The molecule has 1 heterocycles. The molecule has 0 N–H and O–H groups in total. The van der Waals surface area contributed by atoms with E-state index in [0.717, 1.165) is 0 Å². The molecule has 1 rings (SSSR count). The summed E-state index contributed by atoms with van der Waals surface area (Å²) in [7, 11) is 1.29. The number of ether oxygens (including phenoxy) is 1. The van der Waals surface area contributed by atoms with E-state index in [2.05, 4.69) is 20.7 Å². The molecule has 1 aromatic rings. The number of furan rings is 1. The number of rotatable bonds is 4. The molecule has 0 saturated carbocycles. The Morgan fingerprint density at radius 2 is 2.21 bits per heavy atom.